The van der Waals surface area contributed by atoms with Gasteiger partial charge in [-0.3, -0.25) is 14.4 Å². The number of hydrogen-bond acceptors (Lipinski definition) is 6. The van der Waals surface area contributed by atoms with Crippen molar-refractivity contribution in [2.75, 3.05) is 33.0 Å². The summed E-state index contributed by atoms with van der Waals surface area (Å²) in [6.45, 7) is -0.885. The van der Waals surface area contributed by atoms with E-state index < -0.39 is 36.8 Å². The van der Waals surface area contributed by atoms with Crippen LogP contribution in [0.2, 0.25) is 0 Å². The van der Waals surface area contributed by atoms with Crippen LogP contribution in [-0.4, -0.2) is 50.1 Å². The monoisotopic (exact) mass is 298 g/mol. The third kappa shape index (κ3) is 4.44. The molecule has 8 heteroatoms. The van der Waals surface area contributed by atoms with E-state index in [1.165, 1.54) is 6.07 Å². The van der Waals surface area contributed by atoms with Crippen molar-refractivity contribution in [2.24, 2.45) is 0 Å². The second kappa shape index (κ2) is 7.22. The van der Waals surface area contributed by atoms with Gasteiger partial charge in [0.05, 0.1) is 19.9 Å². The molecule has 0 unspecified atom stereocenters. The number of hydrogen-bond donors (Lipinski definition) is 1. The van der Waals surface area contributed by atoms with Gasteiger partial charge in [-0.2, -0.15) is 0 Å². The molecule has 0 bridgehead atoms. The molecule has 1 aromatic carbocycles. The summed E-state index contributed by atoms with van der Waals surface area (Å²) in [6.07, 6.45) is 0. The number of carbonyl (C=O) groups excluding carboxylic acids is 3. The van der Waals surface area contributed by atoms with Gasteiger partial charge in [0.15, 0.2) is 0 Å². The molecule has 0 aromatic heterocycles. The molecule has 21 heavy (non-hydrogen) atoms. The molecule has 0 saturated heterocycles. The third-order valence-electron chi connectivity index (χ3n) is 2.63. The van der Waals surface area contributed by atoms with Gasteiger partial charge in [0.1, 0.15) is 18.9 Å². The maximum absolute atomic E-state index is 13.1. The van der Waals surface area contributed by atoms with Crippen LogP contribution in [0.1, 0.15) is 10.4 Å². The lowest BCUT2D eigenvalue weighted by Gasteiger charge is -2.20. The zero-order chi connectivity index (χ0) is 16.0. The number of halogens is 1. The molecular weight excluding hydrogens is 283 g/mol. The topological polar surface area (TPSA) is 98.9 Å². The fourth-order valence-corrected chi connectivity index (χ4v) is 1.50. The zero-order valence-electron chi connectivity index (χ0n) is 11.6. The molecule has 7 nitrogen and oxygen atoms in total. The van der Waals surface area contributed by atoms with E-state index in [0.29, 0.717) is 0 Å². The summed E-state index contributed by atoms with van der Waals surface area (Å²) in [6, 6.07) is 3.35. The van der Waals surface area contributed by atoms with Gasteiger partial charge < -0.3 is 20.1 Å². The number of nitrogens with zero attached hydrogens (tertiary/aromatic N) is 1. The number of ether oxygens (including phenoxy) is 2. The Morgan fingerprint density at radius 1 is 1.14 bits per heavy atom. The van der Waals surface area contributed by atoms with Crippen LogP contribution < -0.4 is 5.73 Å². The number of benzene rings is 1. The Hall–Kier alpha value is -2.64. The standard InChI is InChI=1S/C13H15FN2O5/c1-20-11(17)6-16(7-12(18)21-2)13(19)8-3-4-9(14)10(15)5-8/h3-5H,6-7,15H2,1-2H3. The number of carbonyl (C=O) groups is 3. The van der Waals surface area contributed by atoms with Crippen LogP contribution in [0.5, 0.6) is 0 Å². The minimum atomic E-state index is -0.706. The van der Waals surface area contributed by atoms with Crippen molar-refractivity contribution < 1.29 is 28.2 Å². The lowest BCUT2D eigenvalue weighted by atomic mass is 10.1. The zero-order valence-corrected chi connectivity index (χ0v) is 11.6. The molecular formula is C13H15FN2O5. The quantitative estimate of drug-likeness (QED) is 0.615. The number of nitrogens with two attached hydrogens (primary N) is 1. The van der Waals surface area contributed by atoms with Crippen LogP contribution in [0, 0.1) is 5.82 Å². The Labute approximate surface area is 120 Å². The minimum Gasteiger partial charge on any atom is -0.468 e. The van der Waals surface area contributed by atoms with E-state index in [1.54, 1.807) is 0 Å². The number of rotatable bonds is 5. The van der Waals surface area contributed by atoms with Crippen molar-refractivity contribution in [1.29, 1.82) is 0 Å². The van der Waals surface area contributed by atoms with Crippen molar-refractivity contribution in [3.63, 3.8) is 0 Å². The highest BCUT2D eigenvalue weighted by Crippen LogP contribution is 2.14. The molecule has 0 heterocycles. The maximum atomic E-state index is 13.1. The van der Waals surface area contributed by atoms with E-state index >= 15 is 0 Å². The smallest absolute Gasteiger partial charge is 0.325 e. The van der Waals surface area contributed by atoms with E-state index in [-0.39, 0.29) is 11.3 Å². The van der Waals surface area contributed by atoms with E-state index in [1.807, 2.05) is 0 Å². The van der Waals surface area contributed by atoms with E-state index in [9.17, 15) is 18.8 Å². The van der Waals surface area contributed by atoms with Crippen molar-refractivity contribution in [2.45, 2.75) is 0 Å². The summed E-state index contributed by atoms with van der Waals surface area (Å²) < 4.78 is 22.0. The van der Waals surface area contributed by atoms with Crippen LogP contribution in [0.3, 0.4) is 0 Å². The second-order valence-corrected chi connectivity index (χ2v) is 4.05. The Morgan fingerprint density at radius 3 is 2.10 bits per heavy atom. The highest BCUT2D eigenvalue weighted by molar-refractivity contribution is 5.98. The summed E-state index contributed by atoms with van der Waals surface area (Å²) in [5.41, 5.74) is 5.22. The molecule has 2 N–H and O–H groups in total. The third-order valence-corrected chi connectivity index (χ3v) is 2.63. The number of amides is 1. The number of esters is 2. The largest absolute Gasteiger partial charge is 0.468 e. The predicted octanol–water partition coefficient (Wildman–Crippen LogP) is 0.196. The predicted molar refractivity (Wildman–Crippen MR) is 70.7 cm³/mol. The van der Waals surface area contributed by atoms with Gasteiger partial charge in [-0.25, -0.2) is 4.39 Å². The van der Waals surface area contributed by atoms with Gasteiger partial charge in [0.25, 0.3) is 5.91 Å². The van der Waals surface area contributed by atoms with Gasteiger partial charge >= 0.3 is 11.9 Å². The fourth-order valence-electron chi connectivity index (χ4n) is 1.50. The lowest BCUT2D eigenvalue weighted by Crippen LogP contribution is -2.40. The van der Waals surface area contributed by atoms with Crippen LogP contribution >= 0.6 is 0 Å². The van der Waals surface area contributed by atoms with E-state index in [4.69, 9.17) is 5.73 Å². The Morgan fingerprint density at radius 2 is 1.67 bits per heavy atom. The first-order chi connectivity index (χ1) is 9.88. The first-order valence-corrected chi connectivity index (χ1v) is 5.87. The van der Waals surface area contributed by atoms with E-state index in [2.05, 4.69) is 9.47 Å². The summed E-state index contributed by atoms with van der Waals surface area (Å²) in [7, 11) is 2.30. The molecule has 0 aliphatic heterocycles. The molecule has 114 valence electrons. The van der Waals surface area contributed by atoms with E-state index in [0.717, 1.165) is 31.3 Å². The lowest BCUT2D eigenvalue weighted by molar-refractivity contribution is -0.144. The Kier molecular flexibility index (Phi) is 5.65. The summed E-state index contributed by atoms with van der Waals surface area (Å²) in [5.74, 6) is -2.75. The summed E-state index contributed by atoms with van der Waals surface area (Å²) in [4.78, 5) is 35.8. The maximum Gasteiger partial charge on any atom is 0.325 e. The highest BCUT2D eigenvalue weighted by Gasteiger charge is 2.22. The Balaban J connectivity index is 2.99. The van der Waals surface area contributed by atoms with Crippen molar-refractivity contribution in [1.82, 2.24) is 4.90 Å². The first kappa shape index (κ1) is 16.4. The molecule has 1 amide bonds. The average molecular weight is 298 g/mol. The van der Waals surface area contributed by atoms with Gasteiger partial charge in [-0.15, -0.1) is 0 Å². The van der Waals surface area contributed by atoms with Crippen LogP contribution in [0.4, 0.5) is 10.1 Å². The normalized spacial score (nSPS) is 9.86. The second-order valence-electron chi connectivity index (χ2n) is 4.05. The molecule has 1 rings (SSSR count). The van der Waals surface area contributed by atoms with Crippen molar-refractivity contribution in [3.05, 3.63) is 29.6 Å². The average Bonchev–Trinajstić information content (AvgIpc) is 2.48. The molecule has 0 fully saturated rings. The molecule has 0 aliphatic carbocycles. The number of anilines is 1. The minimum absolute atomic E-state index is 0.0432. The summed E-state index contributed by atoms with van der Waals surface area (Å²) in [5, 5.41) is 0. The highest BCUT2D eigenvalue weighted by atomic mass is 19.1. The van der Waals surface area contributed by atoms with Crippen molar-refractivity contribution >= 4 is 23.5 Å². The van der Waals surface area contributed by atoms with Crippen LogP contribution in [0.15, 0.2) is 18.2 Å². The van der Waals surface area contributed by atoms with Crippen molar-refractivity contribution in [3.8, 4) is 0 Å². The molecule has 0 spiro atoms. The van der Waals surface area contributed by atoms with Gasteiger partial charge in [-0.1, -0.05) is 0 Å². The summed E-state index contributed by atoms with van der Waals surface area (Å²) >= 11 is 0. The molecule has 1 aromatic rings. The molecule has 0 radical (unpaired) electrons. The van der Waals surface area contributed by atoms with Gasteiger partial charge in [0.2, 0.25) is 0 Å². The SMILES string of the molecule is COC(=O)CN(CC(=O)OC)C(=O)c1ccc(F)c(N)c1. The Bertz CT molecular complexity index is 543. The van der Waals surface area contributed by atoms with Gasteiger partial charge in [-0.05, 0) is 18.2 Å². The number of methoxy groups -OCH3 is 2. The molecule has 0 aliphatic rings. The van der Waals surface area contributed by atoms with Crippen LogP contribution in [0.25, 0.3) is 0 Å². The fraction of sp³-hybridized carbons (Fsp3) is 0.308. The van der Waals surface area contributed by atoms with Crippen LogP contribution in [-0.2, 0) is 19.1 Å². The molecule has 0 atom stereocenters. The first-order valence-electron chi connectivity index (χ1n) is 5.87. The molecule has 0 saturated carbocycles. The van der Waals surface area contributed by atoms with Gasteiger partial charge in [0, 0.05) is 5.56 Å². The number of nitrogen functional groups attached to an aromatic ring is 1.